The Labute approximate surface area is 132 Å². The Bertz CT molecular complexity index is 764. The van der Waals surface area contributed by atoms with Crippen LogP contribution >= 0.6 is 0 Å². The molecule has 0 bridgehead atoms. The third-order valence-electron chi connectivity index (χ3n) is 2.95. The third-order valence-corrected chi connectivity index (χ3v) is 2.95. The largest absolute Gasteiger partial charge is 0.504 e. The first-order valence-corrected chi connectivity index (χ1v) is 6.58. The third kappa shape index (κ3) is 4.10. The van der Waals surface area contributed by atoms with E-state index in [1.807, 2.05) is 0 Å². The number of phenolic OH excluding ortho intramolecular Hbond substituents is 2. The SMILES string of the molecule is COc1cc(C=O)ccc1OC(=O)/C=C/c1ccc(O)c(O)c1. The lowest BCUT2D eigenvalue weighted by Crippen LogP contribution is -2.05. The van der Waals surface area contributed by atoms with E-state index in [0.29, 0.717) is 17.4 Å². The molecule has 0 heterocycles. The summed E-state index contributed by atoms with van der Waals surface area (Å²) in [6.45, 7) is 0. The average molecular weight is 314 g/mol. The molecule has 6 nitrogen and oxygen atoms in total. The van der Waals surface area contributed by atoms with E-state index in [4.69, 9.17) is 9.47 Å². The van der Waals surface area contributed by atoms with E-state index < -0.39 is 5.97 Å². The quantitative estimate of drug-likeness (QED) is 0.290. The van der Waals surface area contributed by atoms with Crippen molar-refractivity contribution in [1.82, 2.24) is 0 Å². The number of esters is 1. The van der Waals surface area contributed by atoms with Crippen LogP contribution in [0.2, 0.25) is 0 Å². The molecule has 118 valence electrons. The van der Waals surface area contributed by atoms with E-state index in [1.54, 1.807) is 0 Å². The van der Waals surface area contributed by atoms with Crippen molar-refractivity contribution in [3.63, 3.8) is 0 Å². The predicted molar refractivity (Wildman–Crippen MR) is 82.8 cm³/mol. The molecular formula is C17H14O6. The van der Waals surface area contributed by atoms with Crippen LogP contribution in [0.15, 0.2) is 42.5 Å². The Kier molecular flexibility index (Phi) is 4.99. The molecule has 2 aromatic carbocycles. The maximum Gasteiger partial charge on any atom is 0.336 e. The molecule has 0 spiro atoms. The molecule has 6 heteroatoms. The molecule has 2 aromatic rings. The maximum atomic E-state index is 11.8. The van der Waals surface area contributed by atoms with Gasteiger partial charge in [-0.1, -0.05) is 6.07 Å². The molecule has 0 radical (unpaired) electrons. The Hall–Kier alpha value is -3.28. The maximum absolute atomic E-state index is 11.8. The summed E-state index contributed by atoms with van der Waals surface area (Å²) in [6, 6.07) is 8.55. The van der Waals surface area contributed by atoms with Crippen molar-refractivity contribution in [2.45, 2.75) is 0 Å². The number of carbonyl (C=O) groups excluding carboxylic acids is 2. The second kappa shape index (κ2) is 7.13. The molecule has 0 fully saturated rings. The number of aromatic hydroxyl groups is 2. The molecule has 0 aliphatic rings. The van der Waals surface area contributed by atoms with Crippen LogP contribution < -0.4 is 9.47 Å². The molecule has 0 saturated carbocycles. The Morgan fingerprint density at radius 1 is 1.00 bits per heavy atom. The summed E-state index contributed by atoms with van der Waals surface area (Å²) in [5, 5.41) is 18.6. The Morgan fingerprint density at radius 2 is 1.74 bits per heavy atom. The normalized spacial score (nSPS) is 10.5. The van der Waals surface area contributed by atoms with Gasteiger partial charge in [0.15, 0.2) is 23.0 Å². The van der Waals surface area contributed by atoms with E-state index in [-0.39, 0.29) is 23.0 Å². The minimum absolute atomic E-state index is 0.182. The standard InChI is InChI=1S/C17H14O6/c1-22-16-9-12(10-18)3-6-15(16)23-17(21)7-4-11-2-5-13(19)14(20)8-11/h2-10,19-20H,1H3/b7-4+. The van der Waals surface area contributed by atoms with Crippen LogP contribution in [-0.4, -0.2) is 29.6 Å². The van der Waals surface area contributed by atoms with Gasteiger partial charge >= 0.3 is 5.97 Å². The molecule has 0 aliphatic heterocycles. The molecule has 0 unspecified atom stereocenters. The number of hydrogen-bond donors (Lipinski definition) is 2. The van der Waals surface area contributed by atoms with Gasteiger partial charge in [0.05, 0.1) is 7.11 Å². The van der Waals surface area contributed by atoms with Gasteiger partial charge in [-0.3, -0.25) is 4.79 Å². The number of ether oxygens (including phenoxy) is 2. The zero-order valence-corrected chi connectivity index (χ0v) is 12.2. The fourth-order valence-electron chi connectivity index (χ4n) is 1.79. The fraction of sp³-hybridized carbons (Fsp3) is 0.0588. The number of aldehydes is 1. The van der Waals surface area contributed by atoms with Crippen LogP contribution in [0, 0.1) is 0 Å². The van der Waals surface area contributed by atoms with Crippen molar-refractivity contribution in [1.29, 1.82) is 0 Å². The van der Waals surface area contributed by atoms with Gasteiger partial charge in [0.2, 0.25) is 0 Å². The number of phenols is 2. The zero-order chi connectivity index (χ0) is 16.8. The van der Waals surface area contributed by atoms with Crippen LogP contribution in [0.3, 0.4) is 0 Å². The molecule has 0 atom stereocenters. The van der Waals surface area contributed by atoms with Crippen molar-refractivity contribution in [2.75, 3.05) is 7.11 Å². The van der Waals surface area contributed by atoms with Gasteiger partial charge in [0.1, 0.15) is 6.29 Å². The summed E-state index contributed by atoms with van der Waals surface area (Å²) in [5.74, 6) is -0.744. The van der Waals surface area contributed by atoms with Gasteiger partial charge in [-0.2, -0.15) is 0 Å². The number of hydrogen-bond acceptors (Lipinski definition) is 6. The first-order valence-electron chi connectivity index (χ1n) is 6.58. The molecule has 2 rings (SSSR count). The minimum atomic E-state index is -0.658. The molecule has 0 aromatic heterocycles. The van der Waals surface area contributed by atoms with Crippen LogP contribution in [0.4, 0.5) is 0 Å². The highest BCUT2D eigenvalue weighted by Gasteiger charge is 2.09. The first-order chi connectivity index (χ1) is 11.0. The highest BCUT2D eigenvalue weighted by Crippen LogP contribution is 2.28. The van der Waals surface area contributed by atoms with Crippen LogP contribution in [-0.2, 0) is 4.79 Å². The molecule has 0 amide bonds. The van der Waals surface area contributed by atoms with E-state index in [9.17, 15) is 19.8 Å². The van der Waals surface area contributed by atoms with Gasteiger partial charge in [-0.05, 0) is 42.0 Å². The van der Waals surface area contributed by atoms with Crippen LogP contribution in [0.5, 0.6) is 23.0 Å². The summed E-state index contributed by atoms with van der Waals surface area (Å²) < 4.78 is 10.2. The van der Waals surface area contributed by atoms with Gasteiger partial charge in [-0.25, -0.2) is 4.79 Å². The monoisotopic (exact) mass is 314 g/mol. The van der Waals surface area contributed by atoms with E-state index in [2.05, 4.69) is 0 Å². The van der Waals surface area contributed by atoms with Crippen LogP contribution in [0.1, 0.15) is 15.9 Å². The number of rotatable bonds is 5. The zero-order valence-electron chi connectivity index (χ0n) is 12.2. The van der Waals surface area contributed by atoms with Crippen molar-refractivity contribution < 1.29 is 29.3 Å². The summed E-state index contributed by atoms with van der Waals surface area (Å²) >= 11 is 0. The first kappa shape index (κ1) is 16.1. The molecule has 0 aliphatic carbocycles. The summed E-state index contributed by atoms with van der Waals surface area (Å²) in [4.78, 5) is 22.5. The van der Waals surface area contributed by atoms with Gasteiger partial charge in [0.25, 0.3) is 0 Å². The highest BCUT2D eigenvalue weighted by molar-refractivity contribution is 5.89. The van der Waals surface area contributed by atoms with Crippen molar-refractivity contribution in [3.8, 4) is 23.0 Å². The summed E-state index contributed by atoms with van der Waals surface area (Å²) in [6.07, 6.45) is 3.25. The lowest BCUT2D eigenvalue weighted by Gasteiger charge is -2.08. The van der Waals surface area contributed by atoms with Crippen molar-refractivity contribution in [2.24, 2.45) is 0 Å². The van der Waals surface area contributed by atoms with E-state index >= 15 is 0 Å². The van der Waals surface area contributed by atoms with Gasteiger partial charge in [-0.15, -0.1) is 0 Å². The second-order valence-corrected chi connectivity index (χ2v) is 4.53. The number of methoxy groups -OCH3 is 1. The average Bonchev–Trinajstić information content (AvgIpc) is 2.56. The lowest BCUT2D eigenvalue weighted by atomic mass is 10.2. The molecule has 23 heavy (non-hydrogen) atoms. The van der Waals surface area contributed by atoms with E-state index in [1.165, 1.54) is 55.7 Å². The number of benzene rings is 2. The van der Waals surface area contributed by atoms with E-state index in [0.717, 1.165) is 0 Å². The molecule has 2 N–H and O–H groups in total. The highest BCUT2D eigenvalue weighted by atomic mass is 16.6. The fourth-order valence-corrected chi connectivity index (χ4v) is 1.79. The van der Waals surface area contributed by atoms with Crippen molar-refractivity contribution >= 4 is 18.3 Å². The Balaban J connectivity index is 2.11. The van der Waals surface area contributed by atoms with Crippen molar-refractivity contribution in [3.05, 3.63) is 53.6 Å². The predicted octanol–water partition coefficient (Wildman–Crippen LogP) is 2.54. The Morgan fingerprint density at radius 3 is 2.39 bits per heavy atom. The van der Waals surface area contributed by atoms with Crippen LogP contribution in [0.25, 0.3) is 6.08 Å². The van der Waals surface area contributed by atoms with Gasteiger partial charge in [0, 0.05) is 11.6 Å². The molecule has 0 saturated heterocycles. The summed E-state index contributed by atoms with van der Waals surface area (Å²) in [5.41, 5.74) is 0.914. The second-order valence-electron chi connectivity index (χ2n) is 4.53. The number of carbonyl (C=O) groups is 2. The summed E-state index contributed by atoms with van der Waals surface area (Å²) in [7, 11) is 1.40. The van der Waals surface area contributed by atoms with Gasteiger partial charge < -0.3 is 19.7 Å². The minimum Gasteiger partial charge on any atom is -0.504 e. The topological polar surface area (TPSA) is 93.1 Å². The lowest BCUT2D eigenvalue weighted by molar-refractivity contribution is -0.129. The molecular weight excluding hydrogens is 300 g/mol. The smallest absolute Gasteiger partial charge is 0.336 e.